The van der Waals surface area contributed by atoms with Crippen LogP contribution in [0.15, 0.2) is 48.5 Å². The third-order valence-electron chi connectivity index (χ3n) is 3.09. The zero-order valence-electron chi connectivity index (χ0n) is 11.3. The third kappa shape index (κ3) is 3.61. The summed E-state index contributed by atoms with van der Waals surface area (Å²) < 4.78 is 0. The second-order valence-electron chi connectivity index (χ2n) is 4.61. The van der Waals surface area contributed by atoms with Crippen molar-refractivity contribution in [3.63, 3.8) is 0 Å². The number of carboxylic acid groups (broad SMARTS) is 1. The molecule has 0 aliphatic heterocycles. The van der Waals surface area contributed by atoms with Crippen molar-refractivity contribution in [3.05, 3.63) is 70.2 Å². The van der Waals surface area contributed by atoms with Gasteiger partial charge < -0.3 is 10.4 Å². The molecular formula is C16H14ClNO3. The molecule has 1 amide bonds. The maximum atomic E-state index is 12.2. The van der Waals surface area contributed by atoms with Crippen LogP contribution in [0.2, 0.25) is 5.02 Å². The Labute approximate surface area is 127 Å². The Morgan fingerprint density at radius 3 is 2.38 bits per heavy atom. The fourth-order valence-electron chi connectivity index (χ4n) is 2.02. The van der Waals surface area contributed by atoms with Gasteiger partial charge in [0.2, 0.25) is 0 Å². The Balaban J connectivity index is 2.25. The van der Waals surface area contributed by atoms with Gasteiger partial charge in [0.25, 0.3) is 5.91 Å². The monoisotopic (exact) mass is 303 g/mol. The maximum Gasteiger partial charge on any atom is 0.330 e. The molecule has 0 aliphatic carbocycles. The molecule has 1 atom stereocenters. The second kappa shape index (κ2) is 6.41. The highest BCUT2D eigenvalue weighted by molar-refractivity contribution is 6.30. The molecule has 0 fully saturated rings. The summed E-state index contributed by atoms with van der Waals surface area (Å²) in [6.07, 6.45) is 0. The lowest BCUT2D eigenvalue weighted by Gasteiger charge is -2.15. The largest absolute Gasteiger partial charge is 0.479 e. The van der Waals surface area contributed by atoms with Crippen LogP contribution in [0.25, 0.3) is 0 Å². The summed E-state index contributed by atoms with van der Waals surface area (Å²) in [5.74, 6) is -1.55. The van der Waals surface area contributed by atoms with Crippen LogP contribution >= 0.6 is 11.6 Å². The molecule has 108 valence electrons. The molecule has 4 nitrogen and oxygen atoms in total. The van der Waals surface area contributed by atoms with E-state index in [4.69, 9.17) is 11.6 Å². The summed E-state index contributed by atoms with van der Waals surface area (Å²) in [6.45, 7) is 1.75. The zero-order chi connectivity index (χ0) is 15.4. The molecule has 0 spiro atoms. The minimum atomic E-state index is -1.11. The van der Waals surface area contributed by atoms with Gasteiger partial charge >= 0.3 is 5.97 Å². The molecule has 2 aromatic rings. The lowest BCUT2D eigenvalue weighted by molar-refractivity contribution is -0.139. The van der Waals surface area contributed by atoms with Crippen LogP contribution in [0, 0.1) is 6.92 Å². The second-order valence-corrected chi connectivity index (χ2v) is 5.05. The van der Waals surface area contributed by atoms with Crippen molar-refractivity contribution in [3.8, 4) is 0 Å². The Hall–Kier alpha value is -2.33. The van der Waals surface area contributed by atoms with Crippen LogP contribution in [0.3, 0.4) is 0 Å². The number of carbonyl (C=O) groups is 2. The van der Waals surface area contributed by atoms with E-state index in [1.807, 2.05) is 0 Å². The first-order valence-corrected chi connectivity index (χ1v) is 6.71. The van der Waals surface area contributed by atoms with Crippen molar-refractivity contribution in [2.45, 2.75) is 13.0 Å². The molecule has 5 heteroatoms. The Morgan fingerprint density at radius 2 is 1.81 bits per heavy atom. The predicted octanol–water partition coefficient (Wildman–Crippen LogP) is 3.20. The Bertz CT molecular complexity index is 670. The number of benzene rings is 2. The number of hydrogen-bond donors (Lipinski definition) is 2. The summed E-state index contributed by atoms with van der Waals surface area (Å²) in [4.78, 5) is 23.6. The van der Waals surface area contributed by atoms with Gasteiger partial charge in [0.1, 0.15) is 0 Å². The van der Waals surface area contributed by atoms with Gasteiger partial charge in [0.05, 0.1) is 0 Å². The van der Waals surface area contributed by atoms with Gasteiger partial charge in [-0.3, -0.25) is 4.79 Å². The Morgan fingerprint density at radius 1 is 1.14 bits per heavy atom. The van der Waals surface area contributed by atoms with Crippen LogP contribution in [0.1, 0.15) is 27.5 Å². The molecule has 0 radical (unpaired) electrons. The highest BCUT2D eigenvalue weighted by Gasteiger charge is 2.23. The number of carbonyl (C=O) groups excluding carboxylic acids is 1. The molecule has 0 saturated heterocycles. The van der Waals surface area contributed by atoms with Gasteiger partial charge in [0, 0.05) is 10.6 Å². The molecule has 0 saturated carbocycles. The number of nitrogens with one attached hydrogen (secondary N) is 1. The van der Waals surface area contributed by atoms with Crippen LogP contribution < -0.4 is 5.32 Å². The zero-order valence-corrected chi connectivity index (χ0v) is 12.1. The number of aryl methyl sites for hydroxylation is 1. The van der Waals surface area contributed by atoms with Crippen LogP contribution in [-0.4, -0.2) is 17.0 Å². The van der Waals surface area contributed by atoms with E-state index in [2.05, 4.69) is 5.32 Å². The highest BCUT2D eigenvalue weighted by Crippen LogP contribution is 2.18. The van der Waals surface area contributed by atoms with Crippen molar-refractivity contribution in [1.29, 1.82) is 0 Å². The molecule has 2 rings (SSSR count). The quantitative estimate of drug-likeness (QED) is 0.911. The van der Waals surface area contributed by atoms with Crippen molar-refractivity contribution in [2.24, 2.45) is 0 Å². The van der Waals surface area contributed by atoms with Gasteiger partial charge in [-0.2, -0.15) is 0 Å². The van der Waals surface area contributed by atoms with E-state index in [-0.39, 0.29) is 0 Å². The van der Waals surface area contributed by atoms with E-state index in [1.165, 1.54) is 0 Å². The SMILES string of the molecule is Cc1cc(Cl)ccc1C(=O)N[C@@H](C(=O)O)c1ccccc1. The first kappa shape index (κ1) is 15.1. The normalized spacial score (nSPS) is 11.7. The molecular weight excluding hydrogens is 290 g/mol. The predicted molar refractivity (Wildman–Crippen MR) is 80.5 cm³/mol. The summed E-state index contributed by atoms with van der Waals surface area (Å²) in [7, 11) is 0. The number of amides is 1. The lowest BCUT2D eigenvalue weighted by Crippen LogP contribution is -2.34. The molecule has 2 N–H and O–H groups in total. The van der Waals surface area contributed by atoms with Crippen LogP contribution in [0.4, 0.5) is 0 Å². The molecule has 21 heavy (non-hydrogen) atoms. The van der Waals surface area contributed by atoms with Gasteiger partial charge in [-0.25, -0.2) is 4.79 Å². The standard InChI is InChI=1S/C16H14ClNO3/c1-10-9-12(17)7-8-13(10)15(19)18-14(16(20)21)11-5-3-2-4-6-11/h2-9,14H,1H3,(H,18,19)(H,20,21)/t14-/m1/s1. The fraction of sp³-hybridized carbons (Fsp3) is 0.125. The number of rotatable bonds is 4. The van der Waals surface area contributed by atoms with Gasteiger partial charge in [-0.05, 0) is 36.2 Å². The smallest absolute Gasteiger partial charge is 0.330 e. The average Bonchev–Trinajstić information content (AvgIpc) is 2.45. The van der Waals surface area contributed by atoms with Gasteiger partial charge in [-0.15, -0.1) is 0 Å². The number of halogens is 1. The van der Waals surface area contributed by atoms with E-state index in [0.29, 0.717) is 21.7 Å². The topological polar surface area (TPSA) is 66.4 Å². The van der Waals surface area contributed by atoms with Crippen LogP contribution in [-0.2, 0) is 4.79 Å². The number of carboxylic acids is 1. The molecule has 0 bridgehead atoms. The van der Waals surface area contributed by atoms with E-state index >= 15 is 0 Å². The van der Waals surface area contributed by atoms with Gasteiger partial charge in [0.15, 0.2) is 6.04 Å². The molecule has 2 aromatic carbocycles. The number of aliphatic carboxylic acids is 1. The summed E-state index contributed by atoms with van der Waals surface area (Å²) in [5, 5.41) is 12.4. The summed E-state index contributed by atoms with van der Waals surface area (Å²) in [5.41, 5.74) is 1.61. The first-order valence-electron chi connectivity index (χ1n) is 6.34. The summed E-state index contributed by atoms with van der Waals surface area (Å²) >= 11 is 5.85. The molecule has 0 aromatic heterocycles. The average molecular weight is 304 g/mol. The van der Waals surface area contributed by atoms with Crippen molar-refractivity contribution < 1.29 is 14.7 Å². The number of hydrogen-bond acceptors (Lipinski definition) is 2. The highest BCUT2D eigenvalue weighted by atomic mass is 35.5. The first-order chi connectivity index (χ1) is 9.99. The minimum absolute atomic E-state index is 0.404. The third-order valence-corrected chi connectivity index (χ3v) is 3.32. The lowest BCUT2D eigenvalue weighted by atomic mass is 10.0. The van der Waals surface area contributed by atoms with E-state index in [1.54, 1.807) is 55.5 Å². The van der Waals surface area contributed by atoms with Crippen molar-refractivity contribution in [2.75, 3.05) is 0 Å². The molecule has 0 unspecified atom stereocenters. The summed E-state index contributed by atoms with van der Waals surface area (Å²) in [6, 6.07) is 12.3. The van der Waals surface area contributed by atoms with Crippen molar-refractivity contribution in [1.82, 2.24) is 5.32 Å². The molecule has 0 heterocycles. The molecule has 0 aliphatic rings. The maximum absolute atomic E-state index is 12.2. The van der Waals surface area contributed by atoms with E-state index in [0.717, 1.165) is 0 Å². The van der Waals surface area contributed by atoms with E-state index < -0.39 is 17.9 Å². The Kier molecular flexibility index (Phi) is 4.60. The minimum Gasteiger partial charge on any atom is -0.479 e. The van der Waals surface area contributed by atoms with E-state index in [9.17, 15) is 14.7 Å². The van der Waals surface area contributed by atoms with Gasteiger partial charge in [-0.1, -0.05) is 41.9 Å². The van der Waals surface area contributed by atoms with Crippen molar-refractivity contribution >= 4 is 23.5 Å². The fourth-order valence-corrected chi connectivity index (χ4v) is 2.25. The van der Waals surface area contributed by atoms with Crippen LogP contribution in [0.5, 0.6) is 0 Å².